The molecule has 2 aromatic rings. The number of fused-ring (bicyclic) bond motifs is 1. The van der Waals surface area contributed by atoms with E-state index in [1.165, 1.54) is 25.4 Å². The normalized spacial score (nSPS) is 20.3. The average molecular weight is 926 g/mol. The molecular weight excluding hydrogens is 861 g/mol. The van der Waals surface area contributed by atoms with Gasteiger partial charge >= 0.3 is 0 Å². The molecular formula is C49H65F2N11O5. The Hall–Kier alpha value is -6.17. The number of benzene rings is 2. The molecule has 0 radical (unpaired) electrons. The first-order valence-electron chi connectivity index (χ1n) is 23.7. The van der Waals surface area contributed by atoms with Gasteiger partial charge in [0.1, 0.15) is 11.9 Å². The average Bonchev–Trinajstić information content (AvgIpc) is 3.31. The molecule has 0 bridgehead atoms. The number of halogens is 2. The van der Waals surface area contributed by atoms with Crippen LogP contribution in [-0.2, 0) is 30.4 Å². The third-order valence-electron chi connectivity index (χ3n) is 13.7. The number of imide groups is 1. The van der Waals surface area contributed by atoms with E-state index in [0.717, 1.165) is 69.3 Å². The van der Waals surface area contributed by atoms with Crippen LogP contribution in [0.2, 0.25) is 0 Å². The number of likely N-dealkylation sites (tertiary alicyclic amines) is 2. The summed E-state index contributed by atoms with van der Waals surface area (Å²) in [6.45, 7) is 5.89. The summed E-state index contributed by atoms with van der Waals surface area (Å²) in [6, 6.07) is 10.00. The maximum atomic E-state index is 14.6. The van der Waals surface area contributed by atoms with E-state index in [9.17, 15) is 38.2 Å². The predicted octanol–water partition coefficient (Wildman–Crippen LogP) is 5.18. The molecule has 3 saturated heterocycles. The summed E-state index contributed by atoms with van der Waals surface area (Å²) in [5.41, 5.74) is 10.7. The van der Waals surface area contributed by atoms with Gasteiger partial charge in [-0.3, -0.25) is 44.6 Å². The molecule has 360 valence electrons. The van der Waals surface area contributed by atoms with Crippen LogP contribution < -0.4 is 31.9 Å². The lowest BCUT2D eigenvalue weighted by atomic mass is 9.91. The quantitative estimate of drug-likeness (QED) is 0.0784. The number of alkyl halides is 2. The van der Waals surface area contributed by atoms with E-state index in [4.69, 9.17) is 5.73 Å². The van der Waals surface area contributed by atoms with Crippen molar-refractivity contribution in [1.82, 2.24) is 25.3 Å². The highest BCUT2D eigenvalue weighted by atomic mass is 19.3. The topological polar surface area (TPSA) is 209 Å². The number of allylic oxidation sites excluding steroid dienone is 1. The van der Waals surface area contributed by atoms with E-state index in [0.29, 0.717) is 91.6 Å². The molecule has 1 atom stereocenters. The van der Waals surface area contributed by atoms with Crippen molar-refractivity contribution in [3.8, 4) is 0 Å². The van der Waals surface area contributed by atoms with E-state index >= 15 is 0 Å². The Morgan fingerprint density at radius 3 is 2.40 bits per heavy atom. The molecule has 7 rings (SSSR count). The number of amides is 5. The Morgan fingerprint density at radius 1 is 0.940 bits per heavy atom. The van der Waals surface area contributed by atoms with Crippen molar-refractivity contribution in [2.45, 2.75) is 102 Å². The zero-order valence-corrected chi connectivity index (χ0v) is 38.7. The third-order valence-corrected chi connectivity index (χ3v) is 13.7. The SMILES string of the molecule is CN=CC(=CN)c1cc2c(cc1C(F)F)N(C(=N)C1=C(NC3CCN(C(=O)CCCC4CCN(CC(=O)Nc5cccc(NC6CCC(=O)NC6=O)c5)CC4)CC3)CCN(C(C)=O)C1)CCC2. The first-order chi connectivity index (χ1) is 32.3. The summed E-state index contributed by atoms with van der Waals surface area (Å²) in [5, 5.41) is 21.7. The van der Waals surface area contributed by atoms with E-state index < -0.39 is 12.5 Å². The van der Waals surface area contributed by atoms with Crippen molar-refractivity contribution >= 4 is 64.2 Å². The van der Waals surface area contributed by atoms with Gasteiger partial charge in [-0.15, -0.1) is 0 Å². The Balaban J connectivity index is 0.862. The number of aryl methyl sites for hydroxylation is 1. The minimum Gasteiger partial charge on any atom is -0.404 e. The standard InChI is InChI=1S/C49H65F2N11O5/c1-31(63)61-23-17-41(40(29-61)48(53)62-18-5-7-33-24-38(34(27-52)28-54-2)39(47(50)51)26-43(33)62)55-35-15-21-60(22-16-35)46(66)10-3-6-32-13-19-59(20-14-32)30-45(65)57-37-9-4-8-36(25-37)56-42-11-12-44(64)58-49(42)67/h4,8-9,24-28,32,35,42,47,53,55-56H,3,5-7,10-23,29-30,52H2,1-2H3,(H,57,65)(H,58,64,67). The second kappa shape index (κ2) is 22.5. The van der Waals surface area contributed by atoms with Gasteiger partial charge in [-0.1, -0.05) is 6.07 Å². The van der Waals surface area contributed by atoms with E-state index in [1.807, 2.05) is 11.0 Å². The number of nitrogens with zero attached hydrogens (tertiary/aromatic N) is 5. The number of carbonyl (C=O) groups is 5. The molecule has 7 N–H and O–H groups in total. The molecule has 5 aliphatic heterocycles. The number of nitrogens with two attached hydrogens (primary N) is 1. The summed E-state index contributed by atoms with van der Waals surface area (Å²) in [4.78, 5) is 74.2. The summed E-state index contributed by atoms with van der Waals surface area (Å²) >= 11 is 0. The predicted molar refractivity (Wildman–Crippen MR) is 256 cm³/mol. The van der Waals surface area contributed by atoms with Gasteiger partial charge in [0.25, 0.3) is 6.43 Å². The van der Waals surface area contributed by atoms with E-state index in [2.05, 4.69) is 31.2 Å². The van der Waals surface area contributed by atoms with Crippen LogP contribution in [-0.4, -0.2) is 128 Å². The fourth-order valence-corrected chi connectivity index (χ4v) is 10.0. The number of aliphatic imine (C=N–C) groups is 1. The number of hydrogen-bond acceptors (Lipinski definition) is 11. The van der Waals surface area contributed by atoms with Gasteiger partial charge in [-0.25, -0.2) is 8.78 Å². The van der Waals surface area contributed by atoms with Crippen LogP contribution in [0.3, 0.4) is 0 Å². The largest absolute Gasteiger partial charge is 0.404 e. The lowest BCUT2D eigenvalue weighted by molar-refractivity contribution is -0.134. The molecule has 3 fully saturated rings. The number of nitrogens with one attached hydrogen (secondary N) is 5. The van der Waals surface area contributed by atoms with Gasteiger partial charge in [-0.05, 0) is 118 Å². The molecule has 18 heteroatoms. The van der Waals surface area contributed by atoms with Crippen molar-refractivity contribution in [3.63, 3.8) is 0 Å². The minimum atomic E-state index is -2.77. The van der Waals surface area contributed by atoms with Gasteiger partial charge in [0.05, 0.1) is 13.1 Å². The molecule has 0 saturated carbocycles. The highest BCUT2D eigenvalue weighted by Gasteiger charge is 2.33. The number of carbonyl (C=O) groups excluding carboxylic acids is 5. The maximum absolute atomic E-state index is 14.6. The summed E-state index contributed by atoms with van der Waals surface area (Å²) < 4.78 is 29.1. The van der Waals surface area contributed by atoms with Gasteiger partial charge < -0.3 is 36.4 Å². The second-order valence-corrected chi connectivity index (χ2v) is 18.3. The van der Waals surface area contributed by atoms with Gasteiger partial charge in [0.2, 0.25) is 29.5 Å². The first kappa shape index (κ1) is 48.8. The van der Waals surface area contributed by atoms with Crippen LogP contribution in [0.5, 0.6) is 0 Å². The lowest BCUT2D eigenvalue weighted by Gasteiger charge is -2.39. The van der Waals surface area contributed by atoms with Crippen molar-refractivity contribution in [2.75, 3.05) is 74.9 Å². The Labute approximate surface area is 391 Å². The number of amidine groups is 1. The molecule has 2 aromatic carbocycles. The molecule has 5 aliphatic rings. The number of rotatable bonds is 15. The fraction of sp³-hybridized carbons (Fsp3) is 0.531. The highest BCUT2D eigenvalue weighted by molar-refractivity contribution is 6.12. The Morgan fingerprint density at radius 2 is 1.70 bits per heavy atom. The summed E-state index contributed by atoms with van der Waals surface area (Å²) in [7, 11) is 1.56. The lowest BCUT2D eigenvalue weighted by Crippen LogP contribution is -2.48. The molecule has 1 unspecified atom stereocenters. The smallest absolute Gasteiger partial charge is 0.264 e. The molecule has 5 amide bonds. The molecule has 67 heavy (non-hydrogen) atoms. The van der Waals surface area contributed by atoms with Crippen LogP contribution in [0.1, 0.15) is 101 Å². The van der Waals surface area contributed by atoms with Gasteiger partial charge in [0.15, 0.2) is 0 Å². The van der Waals surface area contributed by atoms with Crippen molar-refractivity contribution in [1.29, 1.82) is 5.41 Å². The first-order valence-corrected chi connectivity index (χ1v) is 23.7. The molecule has 16 nitrogen and oxygen atoms in total. The van der Waals surface area contributed by atoms with Gasteiger partial charge in [-0.2, -0.15) is 0 Å². The molecule has 0 spiro atoms. The number of anilines is 3. The Kier molecular flexibility index (Phi) is 16.4. The monoisotopic (exact) mass is 926 g/mol. The zero-order chi connectivity index (χ0) is 47.6. The molecule has 0 aliphatic carbocycles. The summed E-state index contributed by atoms with van der Waals surface area (Å²) in [6.07, 6.45) is 8.27. The third kappa shape index (κ3) is 12.4. The maximum Gasteiger partial charge on any atom is 0.264 e. The fourth-order valence-electron chi connectivity index (χ4n) is 10.0. The van der Waals surface area contributed by atoms with Crippen LogP contribution in [0.15, 0.2) is 58.9 Å². The van der Waals surface area contributed by atoms with Crippen molar-refractivity contribution < 1.29 is 32.8 Å². The molecule has 0 aromatic heterocycles. The Bertz CT molecular complexity index is 2280. The van der Waals surface area contributed by atoms with Crippen LogP contribution >= 0.6 is 0 Å². The van der Waals surface area contributed by atoms with Crippen LogP contribution in [0.4, 0.5) is 25.8 Å². The van der Waals surface area contributed by atoms with Crippen molar-refractivity contribution in [2.24, 2.45) is 16.6 Å². The van der Waals surface area contributed by atoms with Crippen LogP contribution in [0, 0.1) is 11.3 Å². The van der Waals surface area contributed by atoms with Crippen LogP contribution in [0.25, 0.3) is 5.57 Å². The minimum absolute atomic E-state index is 0.0773. The zero-order valence-electron chi connectivity index (χ0n) is 38.7. The molecule has 5 heterocycles. The van der Waals surface area contributed by atoms with E-state index in [1.54, 1.807) is 41.1 Å². The number of hydrogen-bond donors (Lipinski definition) is 6. The van der Waals surface area contributed by atoms with Crippen molar-refractivity contribution in [3.05, 3.63) is 70.6 Å². The second-order valence-electron chi connectivity index (χ2n) is 18.3. The van der Waals surface area contributed by atoms with Gasteiger partial charge in [0, 0.05) is 117 Å². The van der Waals surface area contributed by atoms with E-state index in [-0.39, 0.29) is 66.5 Å². The highest BCUT2D eigenvalue weighted by Crippen LogP contribution is 2.38. The summed E-state index contributed by atoms with van der Waals surface area (Å²) in [5.74, 6) is 0.0230. The number of piperidine rings is 3.